The molecule has 0 fully saturated rings. The molecule has 0 saturated carbocycles. The van der Waals surface area contributed by atoms with E-state index in [0.29, 0.717) is 17.4 Å². The Hall–Kier alpha value is -3.04. The standard InChI is InChI=1S/C23H22BrClN8/c1-3-4-5-20-27-21-14(2)8-9-26-23(21)33(20)12-15-6-7-18(17(25)10-15)32-13-16(24)11-19(32)22-28-30-31-29-22/h6-11,13H,3-5,12H2,1-2H3,(H,28,29,30,31). The van der Waals surface area contributed by atoms with Crippen LogP contribution in [0.5, 0.6) is 0 Å². The van der Waals surface area contributed by atoms with E-state index in [1.54, 1.807) is 0 Å². The van der Waals surface area contributed by atoms with Gasteiger partial charge < -0.3 is 9.13 Å². The third-order valence-electron chi connectivity index (χ3n) is 5.64. The van der Waals surface area contributed by atoms with Crippen molar-refractivity contribution in [2.75, 3.05) is 0 Å². The molecule has 0 unspecified atom stereocenters. The highest BCUT2D eigenvalue weighted by Gasteiger charge is 2.17. The molecule has 5 aromatic rings. The largest absolute Gasteiger partial charge is 0.311 e. The molecule has 0 radical (unpaired) electrons. The number of nitrogens with zero attached hydrogens (tertiary/aromatic N) is 7. The van der Waals surface area contributed by atoms with Crippen molar-refractivity contribution in [1.82, 2.24) is 39.7 Å². The number of halogens is 2. The maximum atomic E-state index is 6.77. The molecule has 168 valence electrons. The van der Waals surface area contributed by atoms with Crippen LogP contribution in [0, 0.1) is 6.92 Å². The molecule has 0 bridgehead atoms. The second-order valence-electron chi connectivity index (χ2n) is 7.95. The summed E-state index contributed by atoms with van der Waals surface area (Å²) in [6.07, 6.45) is 6.91. The number of nitrogens with one attached hydrogen (secondary N) is 1. The van der Waals surface area contributed by atoms with Crippen LogP contribution in [-0.4, -0.2) is 39.7 Å². The molecule has 33 heavy (non-hydrogen) atoms. The maximum absolute atomic E-state index is 6.77. The van der Waals surface area contributed by atoms with Crippen LogP contribution < -0.4 is 0 Å². The number of benzene rings is 1. The van der Waals surface area contributed by atoms with Gasteiger partial charge in [-0.2, -0.15) is 5.21 Å². The minimum atomic E-state index is 0.493. The maximum Gasteiger partial charge on any atom is 0.221 e. The molecule has 1 aromatic carbocycles. The topological polar surface area (TPSA) is 90.1 Å². The SMILES string of the molecule is CCCCc1nc2c(C)ccnc2n1Cc1ccc(-n2cc(Br)cc2-c2nn[nH]n2)c(Cl)c1. The number of rotatable bonds is 7. The van der Waals surface area contributed by atoms with Gasteiger partial charge in [0.1, 0.15) is 11.3 Å². The number of unbranched alkanes of at least 4 members (excludes halogenated alkanes) is 1. The first-order valence-electron chi connectivity index (χ1n) is 10.8. The van der Waals surface area contributed by atoms with E-state index in [9.17, 15) is 0 Å². The van der Waals surface area contributed by atoms with Crippen molar-refractivity contribution >= 4 is 38.7 Å². The highest BCUT2D eigenvalue weighted by molar-refractivity contribution is 9.10. The first-order chi connectivity index (χ1) is 16.0. The van der Waals surface area contributed by atoms with E-state index in [4.69, 9.17) is 16.6 Å². The molecule has 0 saturated heterocycles. The monoisotopic (exact) mass is 524 g/mol. The fourth-order valence-corrected chi connectivity index (χ4v) is 4.69. The van der Waals surface area contributed by atoms with Crippen molar-refractivity contribution in [2.24, 2.45) is 0 Å². The summed E-state index contributed by atoms with van der Waals surface area (Å²) in [5.74, 6) is 1.55. The van der Waals surface area contributed by atoms with Gasteiger partial charge in [0, 0.05) is 23.3 Å². The summed E-state index contributed by atoms with van der Waals surface area (Å²) in [7, 11) is 0. The van der Waals surface area contributed by atoms with Gasteiger partial charge in [0.2, 0.25) is 5.82 Å². The van der Waals surface area contributed by atoms with Crippen molar-refractivity contribution in [1.29, 1.82) is 0 Å². The molecule has 0 amide bonds. The molecule has 0 aliphatic carbocycles. The zero-order valence-corrected chi connectivity index (χ0v) is 20.6. The van der Waals surface area contributed by atoms with E-state index in [1.807, 2.05) is 41.2 Å². The number of fused-ring (bicyclic) bond motifs is 1. The number of tetrazole rings is 1. The fraction of sp³-hybridized carbons (Fsp3) is 0.261. The lowest BCUT2D eigenvalue weighted by molar-refractivity contribution is 0.686. The number of aromatic amines is 1. The van der Waals surface area contributed by atoms with Crippen LogP contribution >= 0.6 is 27.5 Å². The Morgan fingerprint density at radius 2 is 2.06 bits per heavy atom. The lowest BCUT2D eigenvalue weighted by atomic mass is 10.2. The summed E-state index contributed by atoms with van der Waals surface area (Å²) in [6, 6.07) is 10.0. The Morgan fingerprint density at radius 1 is 1.18 bits per heavy atom. The summed E-state index contributed by atoms with van der Waals surface area (Å²) in [5, 5.41) is 15.0. The predicted octanol–water partition coefficient (Wildman–Crippen LogP) is 5.52. The second kappa shape index (κ2) is 9.07. The summed E-state index contributed by atoms with van der Waals surface area (Å²) in [4.78, 5) is 9.54. The minimum absolute atomic E-state index is 0.493. The molecule has 10 heteroatoms. The summed E-state index contributed by atoms with van der Waals surface area (Å²) in [6.45, 7) is 4.92. The van der Waals surface area contributed by atoms with Gasteiger partial charge in [-0.05, 0) is 69.9 Å². The Bertz CT molecular complexity index is 1420. The Morgan fingerprint density at radius 3 is 2.82 bits per heavy atom. The zero-order valence-electron chi connectivity index (χ0n) is 18.3. The zero-order chi connectivity index (χ0) is 22.9. The number of aryl methyl sites for hydroxylation is 2. The second-order valence-corrected chi connectivity index (χ2v) is 9.28. The number of aromatic nitrogens is 8. The molecule has 0 spiro atoms. The molecule has 5 rings (SSSR count). The number of imidazole rings is 1. The van der Waals surface area contributed by atoms with Crippen LogP contribution in [0.3, 0.4) is 0 Å². The molecule has 4 heterocycles. The highest BCUT2D eigenvalue weighted by Crippen LogP contribution is 2.31. The number of hydrogen-bond acceptors (Lipinski definition) is 5. The summed E-state index contributed by atoms with van der Waals surface area (Å²) < 4.78 is 5.06. The van der Waals surface area contributed by atoms with Gasteiger partial charge in [-0.3, -0.25) is 0 Å². The molecule has 0 atom stereocenters. The number of pyridine rings is 1. The van der Waals surface area contributed by atoms with Gasteiger partial charge in [0.25, 0.3) is 0 Å². The van der Waals surface area contributed by atoms with Crippen LogP contribution in [0.1, 0.15) is 36.7 Å². The third-order valence-corrected chi connectivity index (χ3v) is 6.38. The lowest BCUT2D eigenvalue weighted by Crippen LogP contribution is -2.07. The molecule has 4 aromatic heterocycles. The Labute approximate surface area is 204 Å². The van der Waals surface area contributed by atoms with Gasteiger partial charge in [-0.15, -0.1) is 10.2 Å². The van der Waals surface area contributed by atoms with Gasteiger partial charge in [0.15, 0.2) is 5.65 Å². The van der Waals surface area contributed by atoms with E-state index in [0.717, 1.165) is 63.2 Å². The quantitative estimate of drug-likeness (QED) is 0.302. The fourth-order valence-electron chi connectivity index (χ4n) is 3.97. The Kier molecular flexibility index (Phi) is 5.99. The molecular weight excluding hydrogens is 504 g/mol. The van der Waals surface area contributed by atoms with E-state index in [-0.39, 0.29) is 0 Å². The lowest BCUT2D eigenvalue weighted by Gasteiger charge is -2.13. The smallest absolute Gasteiger partial charge is 0.221 e. The average Bonchev–Trinajstić information content (AvgIpc) is 3.53. The third kappa shape index (κ3) is 4.18. The first-order valence-corrected chi connectivity index (χ1v) is 11.9. The Balaban J connectivity index is 1.52. The van der Waals surface area contributed by atoms with Crippen LogP contribution in [0.25, 0.3) is 28.4 Å². The molecule has 0 aliphatic rings. The van der Waals surface area contributed by atoms with Crippen LogP contribution in [0.4, 0.5) is 0 Å². The molecular formula is C23H22BrClN8. The van der Waals surface area contributed by atoms with Crippen molar-refractivity contribution in [3.05, 3.63) is 69.2 Å². The van der Waals surface area contributed by atoms with Gasteiger partial charge in [0.05, 0.1) is 22.9 Å². The van der Waals surface area contributed by atoms with E-state index >= 15 is 0 Å². The van der Waals surface area contributed by atoms with Gasteiger partial charge >= 0.3 is 0 Å². The normalized spacial score (nSPS) is 11.5. The summed E-state index contributed by atoms with van der Waals surface area (Å²) in [5.41, 5.74) is 5.71. The number of H-pyrrole nitrogens is 1. The van der Waals surface area contributed by atoms with Crippen molar-refractivity contribution in [3.8, 4) is 17.2 Å². The van der Waals surface area contributed by atoms with Crippen molar-refractivity contribution in [3.63, 3.8) is 0 Å². The summed E-state index contributed by atoms with van der Waals surface area (Å²) >= 11 is 10.3. The van der Waals surface area contributed by atoms with Crippen LogP contribution in [0.15, 0.2) is 47.2 Å². The van der Waals surface area contributed by atoms with Crippen LogP contribution in [0.2, 0.25) is 5.02 Å². The van der Waals surface area contributed by atoms with Crippen molar-refractivity contribution in [2.45, 2.75) is 39.7 Å². The van der Waals surface area contributed by atoms with E-state index in [1.165, 1.54) is 0 Å². The molecule has 0 aliphatic heterocycles. The van der Waals surface area contributed by atoms with E-state index in [2.05, 4.69) is 66.0 Å². The van der Waals surface area contributed by atoms with Gasteiger partial charge in [-0.1, -0.05) is 31.0 Å². The first kappa shape index (κ1) is 21.8. The van der Waals surface area contributed by atoms with E-state index < -0.39 is 0 Å². The number of hydrogen-bond donors (Lipinski definition) is 1. The highest BCUT2D eigenvalue weighted by atomic mass is 79.9. The van der Waals surface area contributed by atoms with Crippen molar-refractivity contribution < 1.29 is 0 Å². The van der Waals surface area contributed by atoms with Crippen LogP contribution in [-0.2, 0) is 13.0 Å². The molecule has 1 N–H and O–H groups in total. The molecule has 8 nitrogen and oxygen atoms in total. The minimum Gasteiger partial charge on any atom is -0.311 e. The predicted molar refractivity (Wildman–Crippen MR) is 132 cm³/mol. The van der Waals surface area contributed by atoms with Gasteiger partial charge in [-0.25, -0.2) is 9.97 Å². The average molecular weight is 526 g/mol.